The van der Waals surface area contributed by atoms with Crippen molar-refractivity contribution in [1.29, 1.82) is 0 Å². The molecule has 0 aliphatic carbocycles. The summed E-state index contributed by atoms with van der Waals surface area (Å²) in [6, 6.07) is 10.5. The molecule has 1 aromatic carbocycles. The first-order chi connectivity index (χ1) is 9.68. The molecule has 0 spiro atoms. The maximum absolute atomic E-state index is 5.54. The average Bonchev–Trinajstić information content (AvgIpc) is 2.43. The summed E-state index contributed by atoms with van der Waals surface area (Å²) in [4.78, 5) is 0. The van der Waals surface area contributed by atoms with Crippen LogP contribution in [0.5, 0.6) is 0 Å². The van der Waals surface area contributed by atoms with E-state index >= 15 is 0 Å². The van der Waals surface area contributed by atoms with E-state index in [0.29, 0.717) is 0 Å². The van der Waals surface area contributed by atoms with E-state index in [1.807, 2.05) is 12.3 Å². The molecule has 0 aromatic heterocycles. The fourth-order valence-corrected chi connectivity index (χ4v) is 2.02. The van der Waals surface area contributed by atoms with Crippen LogP contribution in [0.2, 0.25) is 0 Å². The van der Waals surface area contributed by atoms with Crippen LogP contribution in [0.1, 0.15) is 45.6 Å². The Kier molecular flexibility index (Phi) is 8.53. The van der Waals surface area contributed by atoms with Gasteiger partial charge in [0.05, 0.1) is 12.9 Å². The van der Waals surface area contributed by atoms with Gasteiger partial charge in [0.2, 0.25) is 0 Å². The van der Waals surface area contributed by atoms with E-state index in [2.05, 4.69) is 57.2 Å². The minimum atomic E-state index is 0.722. The van der Waals surface area contributed by atoms with Gasteiger partial charge in [-0.3, -0.25) is 0 Å². The Hall–Kier alpha value is -1.50. The molecule has 0 saturated carbocycles. The molecule has 0 aliphatic rings. The molecule has 1 rings (SSSR count). The predicted octanol–water partition coefficient (Wildman–Crippen LogP) is 5.53. The second-order valence-electron chi connectivity index (χ2n) is 5.68. The molecule has 0 N–H and O–H groups in total. The van der Waals surface area contributed by atoms with Gasteiger partial charge < -0.3 is 4.74 Å². The van der Waals surface area contributed by atoms with Crippen molar-refractivity contribution < 1.29 is 4.74 Å². The fourth-order valence-electron chi connectivity index (χ4n) is 2.02. The van der Waals surface area contributed by atoms with Gasteiger partial charge in [0.25, 0.3) is 0 Å². The summed E-state index contributed by atoms with van der Waals surface area (Å²) in [6.07, 6.45) is 10.8. The Morgan fingerprint density at radius 3 is 2.65 bits per heavy atom. The predicted molar refractivity (Wildman–Crippen MR) is 87.7 cm³/mol. The van der Waals surface area contributed by atoms with Gasteiger partial charge >= 0.3 is 0 Å². The quantitative estimate of drug-likeness (QED) is 0.326. The molecular weight excluding hydrogens is 244 g/mol. The molecule has 0 aliphatic heterocycles. The van der Waals surface area contributed by atoms with Crippen molar-refractivity contribution in [2.45, 2.75) is 46.5 Å². The van der Waals surface area contributed by atoms with Crippen LogP contribution >= 0.6 is 0 Å². The van der Waals surface area contributed by atoms with Crippen LogP contribution in [0.3, 0.4) is 0 Å². The van der Waals surface area contributed by atoms with Gasteiger partial charge in [0.15, 0.2) is 0 Å². The Labute approximate surface area is 124 Å². The van der Waals surface area contributed by atoms with Crippen LogP contribution in [0, 0.1) is 5.92 Å². The highest BCUT2D eigenvalue weighted by molar-refractivity contribution is 5.14. The summed E-state index contributed by atoms with van der Waals surface area (Å²) in [5.74, 6) is 0.722. The second-order valence-corrected chi connectivity index (χ2v) is 5.68. The Bertz CT molecular complexity index is 399. The van der Waals surface area contributed by atoms with Crippen molar-refractivity contribution in [3.8, 4) is 0 Å². The van der Waals surface area contributed by atoms with Crippen LogP contribution < -0.4 is 0 Å². The molecule has 110 valence electrons. The molecule has 20 heavy (non-hydrogen) atoms. The third kappa shape index (κ3) is 8.58. The summed E-state index contributed by atoms with van der Waals surface area (Å²) < 4.78 is 5.54. The molecule has 1 aromatic rings. The summed E-state index contributed by atoms with van der Waals surface area (Å²) in [5.41, 5.74) is 2.74. The summed E-state index contributed by atoms with van der Waals surface area (Å²) in [6.45, 7) is 7.37. The van der Waals surface area contributed by atoms with Crippen molar-refractivity contribution in [1.82, 2.24) is 0 Å². The number of hydrogen-bond donors (Lipinski definition) is 0. The standard InChI is InChI=1S/C19H28O/c1-17(2)9-7-10-18(3)11-8-15-20-16-14-19-12-5-4-6-13-19/h4-6,8-9,12-13,15,18H,7,10-11,14,16H2,1-3H3. The van der Waals surface area contributed by atoms with Gasteiger partial charge in [-0.15, -0.1) is 0 Å². The van der Waals surface area contributed by atoms with Crippen LogP contribution in [-0.2, 0) is 11.2 Å². The van der Waals surface area contributed by atoms with E-state index in [9.17, 15) is 0 Å². The zero-order chi connectivity index (χ0) is 14.6. The van der Waals surface area contributed by atoms with Gasteiger partial charge in [-0.2, -0.15) is 0 Å². The normalized spacial score (nSPS) is 12.3. The number of ether oxygens (including phenoxy) is 1. The second kappa shape index (κ2) is 10.3. The van der Waals surface area contributed by atoms with Crippen LogP contribution in [-0.4, -0.2) is 6.61 Å². The first kappa shape index (κ1) is 16.6. The Balaban J connectivity index is 2.05. The number of rotatable bonds is 9. The van der Waals surface area contributed by atoms with Gasteiger partial charge in [-0.05, 0) is 50.7 Å². The van der Waals surface area contributed by atoms with Crippen molar-refractivity contribution >= 4 is 0 Å². The molecule has 0 saturated heterocycles. The molecule has 0 heterocycles. The maximum Gasteiger partial charge on any atom is 0.0913 e. The van der Waals surface area contributed by atoms with Crippen LogP contribution in [0.25, 0.3) is 0 Å². The summed E-state index contributed by atoms with van der Waals surface area (Å²) in [5, 5.41) is 0. The largest absolute Gasteiger partial charge is 0.501 e. The lowest BCUT2D eigenvalue weighted by Gasteiger charge is -2.06. The zero-order valence-corrected chi connectivity index (χ0v) is 13.1. The molecule has 0 fully saturated rings. The minimum Gasteiger partial charge on any atom is -0.501 e. The average molecular weight is 272 g/mol. The van der Waals surface area contributed by atoms with Gasteiger partial charge in [-0.1, -0.05) is 48.9 Å². The molecule has 1 atom stereocenters. The summed E-state index contributed by atoms with van der Waals surface area (Å²) >= 11 is 0. The monoisotopic (exact) mass is 272 g/mol. The lowest BCUT2D eigenvalue weighted by molar-refractivity contribution is 0.252. The molecule has 0 amide bonds. The smallest absolute Gasteiger partial charge is 0.0913 e. The van der Waals surface area contributed by atoms with Gasteiger partial charge in [-0.25, -0.2) is 0 Å². The van der Waals surface area contributed by atoms with Crippen LogP contribution in [0.15, 0.2) is 54.3 Å². The van der Waals surface area contributed by atoms with Crippen molar-refractivity contribution in [2.24, 2.45) is 5.92 Å². The first-order valence-corrected chi connectivity index (χ1v) is 7.62. The highest BCUT2D eigenvalue weighted by Gasteiger charge is 1.97. The van der Waals surface area contributed by atoms with E-state index in [-0.39, 0.29) is 0 Å². The fraction of sp³-hybridized carbons (Fsp3) is 0.474. The molecule has 1 nitrogen and oxygen atoms in total. The van der Waals surface area contributed by atoms with E-state index in [4.69, 9.17) is 4.74 Å². The van der Waals surface area contributed by atoms with Crippen LogP contribution in [0.4, 0.5) is 0 Å². The van der Waals surface area contributed by atoms with E-state index < -0.39 is 0 Å². The van der Waals surface area contributed by atoms with Crippen molar-refractivity contribution in [2.75, 3.05) is 6.61 Å². The third-order valence-corrected chi connectivity index (χ3v) is 3.29. The van der Waals surface area contributed by atoms with Crippen molar-refractivity contribution in [3.63, 3.8) is 0 Å². The minimum absolute atomic E-state index is 0.722. The third-order valence-electron chi connectivity index (χ3n) is 3.29. The molecule has 0 bridgehead atoms. The lowest BCUT2D eigenvalue weighted by atomic mass is 10.0. The molecule has 1 heteroatoms. The van der Waals surface area contributed by atoms with E-state index in [0.717, 1.165) is 25.4 Å². The Morgan fingerprint density at radius 1 is 1.20 bits per heavy atom. The SMILES string of the molecule is CC(C)=CCCC(C)CC=COCCc1ccccc1. The highest BCUT2D eigenvalue weighted by Crippen LogP contribution is 2.12. The first-order valence-electron chi connectivity index (χ1n) is 7.62. The number of allylic oxidation sites excluding steroid dienone is 3. The van der Waals surface area contributed by atoms with Gasteiger partial charge in [0.1, 0.15) is 0 Å². The van der Waals surface area contributed by atoms with E-state index in [1.165, 1.54) is 24.0 Å². The maximum atomic E-state index is 5.54. The Morgan fingerprint density at radius 2 is 1.95 bits per heavy atom. The lowest BCUT2D eigenvalue weighted by Crippen LogP contribution is -1.94. The summed E-state index contributed by atoms with van der Waals surface area (Å²) in [7, 11) is 0. The number of hydrogen-bond acceptors (Lipinski definition) is 1. The molecule has 1 unspecified atom stereocenters. The van der Waals surface area contributed by atoms with E-state index in [1.54, 1.807) is 0 Å². The number of benzene rings is 1. The highest BCUT2D eigenvalue weighted by atomic mass is 16.5. The molecular formula is C19H28O. The zero-order valence-electron chi connectivity index (χ0n) is 13.1. The van der Waals surface area contributed by atoms with Crippen molar-refractivity contribution in [3.05, 3.63) is 59.9 Å². The topological polar surface area (TPSA) is 9.23 Å². The molecule has 0 radical (unpaired) electrons. The van der Waals surface area contributed by atoms with Gasteiger partial charge in [0, 0.05) is 6.42 Å².